The first-order valence-electron chi connectivity index (χ1n) is 15.1. The number of aliphatic imine (C=N–C) groups is 1. The topological polar surface area (TPSA) is 121 Å². The third kappa shape index (κ3) is 5.94. The molecule has 1 aromatic rings. The first kappa shape index (κ1) is 32.6. The van der Waals surface area contributed by atoms with Crippen LogP contribution in [0.1, 0.15) is 64.4 Å². The molecule has 0 radical (unpaired) electrons. The lowest BCUT2D eigenvalue weighted by Crippen LogP contribution is -2.62. The number of anilines is 1. The highest BCUT2D eigenvalue weighted by atomic mass is 35.5. The van der Waals surface area contributed by atoms with Gasteiger partial charge >= 0.3 is 0 Å². The van der Waals surface area contributed by atoms with Crippen molar-refractivity contribution in [3.8, 4) is 0 Å². The van der Waals surface area contributed by atoms with Crippen LogP contribution in [0, 0.1) is 11.3 Å². The lowest BCUT2D eigenvalue weighted by Gasteiger charge is -2.50. The number of halogens is 3. The Balaban J connectivity index is 1.55. The van der Waals surface area contributed by atoms with E-state index in [1.54, 1.807) is 25.2 Å². The fourth-order valence-corrected chi connectivity index (χ4v) is 7.81. The van der Waals surface area contributed by atoms with Gasteiger partial charge in [0.05, 0.1) is 37.1 Å². The molecule has 3 amide bonds. The van der Waals surface area contributed by atoms with E-state index in [0.29, 0.717) is 42.0 Å². The van der Waals surface area contributed by atoms with Gasteiger partial charge in [0.2, 0.25) is 17.7 Å². The molecule has 9 nitrogen and oxygen atoms in total. The van der Waals surface area contributed by atoms with Crippen molar-refractivity contribution in [1.29, 1.82) is 0 Å². The molecule has 2 saturated heterocycles. The minimum atomic E-state index is -1.44. The fourth-order valence-electron chi connectivity index (χ4n) is 7.58. The van der Waals surface area contributed by atoms with Crippen LogP contribution < -0.4 is 21.3 Å². The SMILES string of the molecule is C=C(Cl)N=C/C=C(\F)[C@H]1[C@H](C(=O)N[C@@H]2CC[C@@H](CC(=O)NC)OC2)NC2(CCC(C)(C)CC2)[C@@]12C(=O)Nc1cc(Cl)ccc12. The Morgan fingerprint density at radius 1 is 1.23 bits per heavy atom. The van der Waals surface area contributed by atoms with Crippen molar-refractivity contribution in [2.45, 2.75) is 87.9 Å². The van der Waals surface area contributed by atoms with Crippen LogP contribution in [-0.2, 0) is 24.5 Å². The number of carbonyl (C=O) groups excluding carboxylic acids is 3. The van der Waals surface area contributed by atoms with E-state index in [-0.39, 0.29) is 47.6 Å². The van der Waals surface area contributed by atoms with Crippen molar-refractivity contribution in [2.24, 2.45) is 16.3 Å². The number of benzene rings is 1. The Bertz CT molecular complexity index is 1400. The number of fused-ring (bicyclic) bond motifs is 3. The Kier molecular flexibility index (Phi) is 9.29. The average molecular weight is 649 g/mol. The average Bonchev–Trinajstić information content (AvgIpc) is 3.43. The highest BCUT2D eigenvalue weighted by Gasteiger charge is 2.73. The molecule has 5 rings (SSSR count). The van der Waals surface area contributed by atoms with E-state index in [9.17, 15) is 14.4 Å². The number of nitrogens with one attached hydrogen (secondary N) is 4. The van der Waals surface area contributed by atoms with Gasteiger partial charge in [-0.3, -0.25) is 19.7 Å². The van der Waals surface area contributed by atoms with Crippen molar-refractivity contribution in [3.05, 3.63) is 52.4 Å². The molecule has 12 heteroatoms. The first-order valence-corrected chi connectivity index (χ1v) is 15.8. The molecule has 2 spiro atoms. The van der Waals surface area contributed by atoms with E-state index < -0.39 is 34.6 Å². The third-order valence-electron chi connectivity index (χ3n) is 9.89. The van der Waals surface area contributed by atoms with Gasteiger partial charge in [-0.25, -0.2) is 9.38 Å². The molecular weight excluding hydrogens is 608 g/mol. The lowest BCUT2D eigenvalue weighted by atomic mass is 9.54. The zero-order valence-corrected chi connectivity index (χ0v) is 26.8. The summed E-state index contributed by atoms with van der Waals surface area (Å²) in [6, 6.07) is 3.72. The van der Waals surface area contributed by atoms with Crippen molar-refractivity contribution in [1.82, 2.24) is 16.0 Å². The van der Waals surface area contributed by atoms with Crippen LogP contribution in [0.15, 0.2) is 46.8 Å². The summed E-state index contributed by atoms with van der Waals surface area (Å²) in [5.74, 6) is -2.78. The molecular formula is C32H40Cl2FN5O4. The number of allylic oxidation sites excluding steroid dienone is 1. The Hall–Kier alpha value is -2.79. The number of rotatable bonds is 7. The minimum Gasteiger partial charge on any atom is -0.376 e. The Morgan fingerprint density at radius 2 is 1.95 bits per heavy atom. The molecule has 1 aliphatic carbocycles. The number of carbonyl (C=O) groups is 3. The molecule has 3 aliphatic heterocycles. The molecule has 4 N–H and O–H groups in total. The van der Waals surface area contributed by atoms with E-state index in [0.717, 1.165) is 18.9 Å². The molecule has 1 aromatic carbocycles. The van der Waals surface area contributed by atoms with Crippen molar-refractivity contribution >= 4 is 52.8 Å². The summed E-state index contributed by atoms with van der Waals surface area (Å²) in [5, 5.41) is 12.6. The summed E-state index contributed by atoms with van der Waals surface area (Å²) in [6.45, 7) is 8.10. The van der Waals surface area contributed by atoms with Crippen LogP contribution in [0.25, 0.3) is 0 Å². The maximum atomic E-state index is 16.7. The number of nitrogens with zero attached hydrogens (tertiary/aromatic N) is 1. The normalized spacial score (nSPS) is 30.8. The lowest BCUT2D eigenvalue weighted by molar-refractivity contribution is -0.129. The maximum Gasteiger partial charge on any atom is 0.238 e. The zero-order chi connectivity index (χ0) is 31.9. The van der Waals surface area contributed by atoms with Crippen LogP contribution >= 0.6 is 23.2 Å². The fraction of sp³-hybridized carbons (Fsp3) is 0.562. The van der Waals surface area contributed by atoms with Crippen LogP contribution in [-0.4, -0.2) is 61.3 Å². The van der Waals surface area contributed by atoms with Gasteiger partial charge in [0.1, 0.15) is 16.4 Å². The van der Waals surface area contributed by atoms with Crippen molar-refractivity contribution in [2.75, 3.05) is 19.0 Å². The molecule has 1 saturated carbocycles. The predicted molar refractivity (Wildman–Crippen MR) is 169 cm³/mol. The molecule has 44 heavy (non-hydrogen) atoms. The summed E-state index contributed by atoms with van der Waals surface area (Å²) in [5.41, 5.74) is -1.22. The molecule has 3 heterocycles. The number of hydrogen-bond acceptors (Lipinski definition) is 6. The highest BCUT2D eigenvalue weighted by molar-refractivity contribution is 6.31. The van der Waals surface area contributed by atoms with E-state index in [4.69, 9.17) is 27.9 Å². The number of ether oxygens (including phenoxy) is 1. The van der Waals surface area contributed by atoms with E-state index in [1.165, 1.54) is 6.21 Å². The van der Waals surface area contributed by atoms with Gasteiger partial charge in [-0.05, 0) is 67.7 Å². The third-order valence-corrected chi connectivity index (χ3v) is 10.2. The van der Waals surface area contributed by atoms with Crippen LogP contribution in [0.4, 0.5) is 10.1 Å². The summed E-state index contributed by atoms with van der Waals surface area (Å²) < 4.78 is 22.6. The molecule has 3 fully saturated rings. The predicted octanol–water partition coefficient (Wildman–Crippen LogP) is 4.89. The second kappa shape index (κ2) is 12.5. The van der Waals surface area contributed by atoms with Crippen LogP contribution in [0.5, 0.6) is 0 Å². The summed E-state index contributed by atoms with van der Waals surface area (Å²) in [7, 11) is 1.58. The molecule has 5 atom stereocenters. The largest absolute Gasteiger partial charge is 0.376 e. The summed E-state index contributed by atoms with van der Waals surface area (Å²) >= 11 is 12.1. The van der Waals surface area contributed by atoms with Gasteiger partial charge in [0, 0.05) is 29.5 Å². The Labute approximate surface area is 267 Å². The van der Waals surface area contributed by atoms with Gasteiger partial charge in [0.15, 0.2) is 0 Å². The second-order valence-corrected chi connectivity index (χ2v) is 14.0. The number of hydrogen-bond donors (Lipinski definition) is 4. The summed E-state index contributed by atoms with van der Waals surface area (Å²) in [6.07, 6.45) is 6.22. The van der Waals surface area contributed by atoms with Gasteiger partial charge < -0.3 is 20.7 Å². The van der Waals surface area contributed by atoms with Gasteiger partial charge in [-0.1, -0.05) is 49.7 Å². The molecule has 0 aromatic heterocycles. The quantitative estimate of drug-likeness (QED) is 0.248. The van der Waals surface area contributed by atoms with E-state index in [1.807, 2.05) is 0 Å². The van der Waals surface area contributed by atoms with Gasteiger partial charge in [-0.15, -0.1) is 0 Å². The minimum absolute atomic E-state index is 0.0221. The van der Waals surface area contributed by atoms with Crippen molar-refractivity contribution in [3.63, 3.8) is 0 Å². The molecule has 0 bridgehead atoms. The summed E-state index contributed by atoms with van der Waals surface area (Å²) in [4.78, 5) is 44.2. The van der Waals surface area contributed by atoms with E-state index >= 15 is 4.39 Å². The van der Waals surface area contributed by atoms with Gasteiger partial charge in [-0.2, -0.15) is 0 Å². The molecule has 238 valence electrons. The molecule has 0 unspecified atom stereocenters. The smallest absolute Gasteiger partial charge is 0.238 e. The van der Waals surface area contributed by atoms with Crippen molar-refractivity contribution < 1.29 is 23.5 Å². The van der Waals surface area contributed by atoms with Gasteiger partial charge in [0.25, 0.3) is 0 Å². The van der Waals surface area contributed by atoms with Crippen LogP contribution in [0.2, 0.25) is 5.02 Å². The zero-order valence-electron chi connectivity index (χ0n) is 25.3. The van der Waals surface area contributed by atoms with Crippen LogP contribution in [0.3, 0.4) is 0 Å². The monoisotopic (exact) mass is 647 g/mol. The standard InChI is InChI=1S/C32H40Cl2FN5O4/c1-18(33)37-14-9-23(35)26-27(28(42)38-20-6-7-21(44-17-20)16-25(41)36-4)40-31(12-10-30(2,3)11-13-31)32(26)22-8-5-19(34)15-24(22)39-29(32)43/h5,8-9,14-15,20-21,26-27,40H,1,6-7,10-13,16-17H2,2-4H3,(H,36,41)(H,38,42)(H,39,43)/b23-9-,37-14?/t20-,21+,26+,27-,32-/m1/s1. The van der Waals surface area contributed by atoms with E-state index in [2.05, 4.69) is 46.7 Å². The maximum absolute atomic E-state index is 16.7. The highest BCUT2D eigenvalue weighted by Crippen LogP contribution is 2.62. The Morgan fingerprint density at radius 3 is 2.59 bits per heavy atom. The number of amides is 3. The first-order chi connectivity index (χ1) is 20.8. The molecule has 4 aliphatic rings. The second-order valence-electron chi connectivity index (χ2n) is 13.1.